The molecule has 0 radical (unpaired) electrons. The minimum Gasteiger partial charge on any atom is -0.481 e. The van der Waals surface area contributed by atoms with Crippen LogP contribution in [0.4, 0.5) is 0 Å². The van der Waals surface area contributed by atoms with Gasteiger partial charge in [-0.05, 0) is 44.2 Å². The molecule has 2 rings (SSSR count). The minimum absolute atomic E-state index is 0.140. The number of nitrogens with two attached hydrogens (primary N) is 1. The van der Waals surface area contributed by atoms with Crippen molar-refractivity contribution in [2.45, 2.75) is 44.1 Å². The third-order valence-electron chi connectivity index (χ3n) is 3.76. The van der Waals surface area contributed by atoms with Crippen molar-refractivity contribution < 1.29 is 9.90 Å². The molecule has 17 heavy (non-hydrogen) atoms. The van der Waals surface area contributed by atoms with E-state index in [4.69, 9.17) is 5.73 Å². The van der Waals surface area contributed by atoms with Gasteiger partial charge in [-0.15, -0.1) is 0 Å². The smallest absolute Gasteiger partial charge is 0.314 e. The number of carboxylic acid groups (broad SMARTS) is 1. The highest BCUT2D eigenvalue weighted by atomic mass is 16.4. The van der Waals surface area contributed by atoms with E-state index >= 15 is 0 Å². The summed E-state index contributed by atoms with van der Waals surface area (Å²) in [5.74, 6) is -0.755. The van der Waals surface area contributed by atoms with Crippen LogP contribution in [0.3, 0.4) is 0 Å². The van der Waals surface area contributed by atoms with E-state index in [0.717, 1.165) is 24.1 Å². The SMILES string of the molecule is Cc1ccc(C2(C(=O)O)CCC(N)CC2)cn1. The number of nitrogens with zero attached hydrogens (tertiary/aromatic N) is 1. The second-order valence-corrected chi connectivity index (χ2v) is 4.91. The van der Waals surface area contributed by atoms with Gasteiger partial charge in [0.1, 0.15) is 0 Å². The van der Waals surface area contributed by atoms with Crippen molar-refractivity contribution in [3.05, 3.63) is 29.6 Å². The summed E-state index contributed by atoms with van der Waals surface area (Å²) in [6.07, 6.45) is 4.43. The number of aliphatic carboxylic acids is 1. The molecule has 1 aliphatic carbocycles. The summed E-state index contributed by atoms with van der Waals surface area (Å²) in [5, 5.41) is 9.53. The van der Waals surface area contributed by atoms with Gasteiger partial charge in [-0.1, -0.05) is 6.07 Å². The molecule has 0 spiro atoms. The maximum atomic E-state index is 11.6. The second kappa shape index (κ2) is 4.45. The summed E-state index contributed by atoms with van der Waals surface area (Å²) < 4.78 is 0. The Hall–Kier alpha value is -1.42. The first kappa shape index (κ1) is 12.0. The molecule has 3 N–H and O–H groups in total. The Balaban J connectivity index is 2.35. The van der Waals surface area contributed by atoms with Crippen molar-refractivity contribution in [1.82, 2.24) is 4.98 Å². The van der Waals surface area contributed by atoms with Crippen molar-refractivity contribution in [3.63, 3.8) is 0 Å². The molecular formula is C13H18N2O2. The number of carbonyl (C=O) groups is 1. The summed E-state index contributed by atoms with van der Waals surface area (Å²) in [7, 11) is 0. The molecule has 0 amide bonds. The normalized spacial score (nSPS) is 28.9. The molecule has 4 heteroatoms. The molecule has 1 heterocycles. The number of aromatic nitrogens is 1. The van der Waals surface area contributed by atoms with Crippen LogP contribution in [-0.2, 0) is 10.2 Å². The first-order valence-corrected chi connectivity index (χ1v) is 5.97. The molecule has 1 fully saturated rings. The zero-order valence-corrected chi connectivity index (χ0v) is 10.0. The van der Waals surface area contributed by atoms with Crippen molar-refractivity contribution in [3.8, 4) is 0 Å². The van der Waals surface area contributed by atoms with E-state index < -0.39 is 11.4 Å². The lowest BCUT2D eigenvalue weighted by Gasteiger charge is -2.35. The maximum absolute atomic E-state index is 11.6. The highest BCUT2D eigenvalue weighted by Crippen LogP contribution is 2.39. The molecule has 0 aromatic carbocycles. The van der Waals surface area contributed by atoms with Crippen molar-refractivity contribution in [1.29, 1.82) is 0 Å². The number of rotatable bonds is 2. The molecule has 4 nitrogen and oxygen atoms in total. The van der Waals surface area contributed by atoms with Gasteiger partial charge >= 0.3 is 5.97 Å². The first-order chi connectivity index (χ1) is 8.04. The van der Waals surface area contributed by atoms with Crippen LogP contribution < -0.4 is 5.73 Å². The van der Waals surface area contributed by atoms with E-state index in [-0.39, 0.29) is 6.04 Å². The van der Waals surface area contributed by atoms with Crippen molar-refractivity contribution in [2.75, 3.05) is 0 Å². The molecule has 1 aromatic rings. The number of hydrogen-bond acceptors (Lipinski definition) is 3. The predicted molar refractivity (Wildman–Crippen MR) is 64.7 cm³/mol. The van der Waals surface area contributed by atoms with Crippen LogP contribution >= 0.6 is 0 Å². The fourth-order valence-corrected chi connectivity index (χ4v) is 2.51. The zero-order valence-electron chi connectivity index (χ0n) is 10.0. The van der Waals surface area contributed by atoms with Crippen LogP contribution in [0.25, 0.3) is 0 Å². The van der Waals surface area contributed by atoms with Crippen LogP contribution in [0.15, 0.2) is 18.3 Å². The molecule has 0 unspecified atom stereocenters. The largest absolute Gasteiger partial charge is 0.481 e. The molecule has 0 saturated heterocycles. The molecule has 1 saturated carbocycles. The van der Waals surface area contributed by atoms with Gasteiger partial charge in [0.25, 0.3) is 0 Å². The lowest BCUT2D eigenvalue weighted by Crippen LogP contribution is -2.42. The highest BCUT2D eigenvalue weighted by molar-refractivity contribution is 5.81. The summed E-state index contributed by atoms with van der Waals surface area (Å²) in [6.45, 7) is 1.90. The van der Waals surface area contributed by atoms with Crippen LogP contribution in [0.5, 0.6) is 0 Å². The van der Waals surface area contributed by atoms with E-state index in [9.17, 15) is 9.90 Å². The lowest BCUT2D eigenvalue weighted by atomic mass is 9.69. The summed E-state index contributed by atoms with van der Waals surface area (Å²) >= 11 is 0. The van der Waals surface area contributed by atoms with Crippen molar-refractivity contribution in [2.24, 2.45) is 5.73 Å². The topological polar surface area (TPSA) is 76.2 Å². The maximum Gasteiger partial charge on any atom is 0.314 e. The van der Waals surface area contributed by atoms with Gasteiger partial charge in [0.2, 0.25) is 0 Å². The number of hydrogen-bond donors (Lipinski definition) is 2. The average molecular weight is 234 g/mol. The van der Waals surface area contributed by atoms with E-state index in [0.29, 0.717) is 12.8 Å². The van der Waals surface area contributed by atoms with Gasteiger partial charge in [-0.25, -0.2) is 0 Å². The average Bonchev–Trinajstić information content (AvgIpc) is 2.31. The number of pyridine rings is 1. The van der Waals surface area contributed by atoms with Gasteiger partial charge in [-0.2, -0.15) is 0 Å². The number of carboxylic acids is 1. The Kier molecular flexibility index (Phi) is 3.15. The molecule has 0 atom stereocenters. The quantitative estimate of drug-likeness (QED) is 0.815. The molecule has 0 aliphatic heterocycles. The van der Waals surface area contributed by atoms with E-state index in [1.807, 2.05) is 19.1 Å². The molecular weight excluding hydrogens is 216 g/mol. The van der Waals surface area contributed by atoms with Gasteiger partial charge < -0.3 is 10.8 Å². The number of aryl methyl sites for hydroxylation is 1. The minimum atomic E-state index is -0.781. The third-order valence-corrected chi connectivity index (χ3v) is 3.76. The molecule has 1 aliphatic rings. The Labute approximate surface area is 101 Å². The summed E-state index contributed by atoms with van der Waals surface area (Å²) in [6, 6.07) is 3.89. The van der Waals surface area contributed by atoms with Crippen LogP contribution in [0.2, 0.25) is 0 Å². The molecule has 0 bridgehead atoms. The fraction of sp³-hybridized carbons (Fsp3) is 0.538. The Morgan fingerprint density at radius 2 is 2.12 bits per heavy atom. The van der Waals surface area contributed by atoms with Gasteiger partial charge in [-0.3, -0.25) is 9.78 Å². The fourth-order valence-electron chi connectivity index (χ4n) is 2.51. The van der Waals surface area contributed by atoms with E-state index in [2.05, 4.69) is 4.98 Å². The van der Waals surface area contributed by atoms with E-state index in [1.165, 1.54) is 0 Å². The Morgan fingerprint density at radius 1 is 1.47 bits per heavy atom. The standard InChI is InChI=1S/C13H18N2O2/c1-9-2-3-10(8-15-9)13(12(16)17)6-4-11(14)5-7-13/h2-3,8,11H,4-7,14H2,1H3,(H,16,17). The second-order valence-electron chi connectivity index (χ2n) is 4.91. The molecule has 1 aromatic heterocycles. The Morgan fingerprint density at radius 3 is 2.59 bits per heavy atom. The summed E-state index contributed by atoms with van der Waals surface area (Å²) in [4.78, 5) is 15.8. The summed E-state index contributed by atoms with van der Waals surface area (Å²) in [5.41, 5.74) is 6.78. The van der Waals surface area contributed by atoms with Crippen LogP contribution in [-0.4, -0.2) is 22.1 Å². The van der Waals surface area contributed by atoms with Gasteiger partial charge in [0.05, 0.1) is 5.41 Å². The zero-order chi connectivity index (χ0) is 12.5. The predicted octanol–water partition coefficient (Wildman–Crippen LogP) is 1.61. The van der Waals surface area contributed by atoms with E-state index in [1.54, 1.807) is 6.20 Å². The lowest BCUT2D eigenvalue weighted by molar-refractivity contribution is -0.145. The van der Waals surface area contributed by atoms with Gasteiger partial charge in [0, 0.05) is 17.9 Å². The van der Waals surface area contributed by atoms with Crippen molar-refractivity contribution >= 4 is 5.97 Å². The van der Waals surface area contributed by atoms with Crippen LogP contribution in [0.1, 0.15) is 36.9 Å². The Bertz CT molecular complexity index is 406. The van der Waals surface area contributed by atoms with Crippen LogP contribution in [0, 0.1) is 6.92 Å². The molecule has 92 valence electrons. The highest BCUT2D eigenvalue weighted by Gasteiger charge is 2.43. The monoisotopic (exact) mass is 234 g/mol. The first-order valence-electron chi connectivity index (χ1n) is 5.97. The third kappa shape index (κ3) is 2.17. The van der Waals surface area contributed by atoms with Gasteiger partial charge in [0.15, 0.2) is 0 Å².